The summed E-state index contributed by atoms with van der Waals surface area (Å²) in [6, 6.07) is 10.2. The van der Waals surface area contributed by atoms with Crippen LogP contribution in [0.15, 0.2) is 42.0 Å². The van der Waals surface area contributed by atoms with Crippen LogP contribution in [0.1, 0.15) is 56.6 Å². The average molecular weight is 369 g/mol. The molecule has 1 aliphatic carbocycles. The summed E-state index contributed by atoms with van der Waals surface area (Å²) in [6.45, 7) is 0.557. The number of benzene rings is 1. The molecule has 3 atom stereocenters. The first-order chi connectivity index (χ1) is 13.2. The highest BCUT2D eigenvalue weighted by atomic mass is 16.5. The van der Waals surface area contributed by atoms with Crippen molar-refractivity contribution >= 4 is 11.9 Å². The number of hydrogen-bond donors (Lipinski definition) is 0. The van der Waals surface area contributed by atoms with E-state index in [4.69, 9.17) is 9.47 Å². The number of amides is 1. The highest BCUT2D eigenvalue weighted by molar-refractivity contribution is 5.79. The Morgan fingerprint density at radius 3 is 2.93 bits per heavy atom. The van der Waals surface area contributed by atoms with E-state index in [2.05, 4.69) is 18.2 Å². The quantitative estimate of drug-likeness (QED) is 0.586. The van der Waals surface area contributed by atoms with Crippen LogP contribution in [0.5, 0.6) is 0 Å². The number of hydrogen-bond acceptors (Lipinski definition) is 4. The molecule has 0 N–H and O–H groups in total. The molecule has 1 aromatic rings. The zero-order valence-corrected chi connectivity index (χ0v) is 15.9. The molecule has 1 spiro atoms. The molecule has 0 aromatic heterocycles. The van der Waals surface area contributed by atoms with Crippen LogP contribution in [0, 0.1) is 5.92 Å². The Morgan fingerprint density at radius 2 is 2.15 bits per heavy atom. The van der Waals surface area contributed by atoms with Gasteiger partial charge in [-0.05, 0) is 37.7 Å². The summed E-state index contributed by atoms with van der Waals surface area (Å²) in [5.74, 6) is 0.270. The van der Waals surface area contributed by atoms with E-state index in [0.717, 1.165) is 37.7 Å². The van der Waals surface area contributed by atoms with Crippen LogP contribution in [-0.2, 0) is 19.1 Å². The molecule has 4 rings (SSSR count). The fourth-order valence-corrected chi connectivity index (χ4v) is 5.08. The van der Waals surface area contributed by atoms with E-state index in [1.165, 1.54) is 12.7 Å². The fraction of sp³-hybridized carbons (Fsp3) is 0.545. The molecule has 3 aliphatic rings. The van der Waals surface area contributed by atoms with E-state index >= 15 is 0 Å². The van der Waals surface area contributed by atoms with E-state index in [0.29, 0.717) is 19.4 Å². The third-order valence-electron chi connectivity index (χ3n) is 6.29. The van der Waals surface area contributed by atoms with Gasteiger partial charge in [-0.1, -0.05) is 42.0 Å². The van der Waals surface area contributed by atoms with Crippen molar-refractivity contribution < 1.29 is 19.1 Å². The molecule has 144 valence electrons. The Labute approximate surface area is 160 Å². The van der Waals surface area contributed by atoms with Crippen LogP contribution in [0.4, 0.5) is 0 Å². The third-order valence-corrected chi connectivity index (χ3v) is 6.29. The number of carbonyl (C=O) groups excluding carboxylic acids is 2. The van der Waals surface area contributed by atoms with Crippen LogP contribution in [0.25, 0.3) is 0 Å². The number of allylic oxidation sites excluding steroid dienone is 1. The van der Waals surface area contributed by atoms with Gasteiger partial charge in [-0.2, -0.15) is 0 Å². The maximum absolute atomic E-state index is 12.9. The number of nitrogens with zero attached hydrogens (tertiary/aromatic N) is 1. The molecule has 27 heavy (non-hydrogen) atoms. The Morgan fingerprint density at radius 1 is 1.33 bits per heavy atom. The minimum Gasteiger partial charge on any atom is -0.469 e. The summed E-state index contributed by atoms with van der Waals surface area (Å²) in [5.41, 5.74) is 1.98. The lowest BCUT2D eigenvalue weighted by Crippen LogP contribution is -2.58. The smallest absolute Gasteiger partial charge is 0.305 e. The van der Waals surface area contributed by atoms with Crippen molar-refractivity contribution in [1.82, 2.24) is 4.90 Å². The van der Waals surface area contributed by atoms with Crippen LogP contribution in [0.2, 0.25) is 0 Å². The maximum Gasteiger partial charge on any atom is 0.305 e. The van der Waals surface area contributed by atoms with E-state index < -0.39 is 5.72 Å². The van der Waals surface area contributed by atoms with Crippen molar-refractivity contribution in [2.75, 3.05) is 13.7 Å². The Kier molecular flexibility index (Phi) is 5.04. The third kappa shape index (κ3) is 3.18. The van der Waals surface area contributed by atoms with E-state index in [1.54, 1.807) is 0 Å². The fourth-order valence-electron chi connectivity index (χ4n) is 5.08. The summed E-state index contributed by atoms with van der Waals surface area (Å²) < 4.78 is 11.2. The van der Waals surface area contributed by atoms with E-state index in [-0.39, 0.29) is 23.8 Å². The molecular formula is C22H27NO4. The highest BCUT2D eigenvalue weighted by Crippen LogP contribution is 2.53. The predicted molar refractivity (Wildman–Crippen MR) is 101 cm³/mol. The predicted octanol–water partition coefficient (Wildman–Crippen LogP) is 3.76. The summed E-state index contributed by atoms with van der Waals surface area (Å²) >= 11 is 0. The lowest BCUT2D eigenvalue weighted by atomic mass is 9.72. The molecule has 1 aromatic carbocycles. The zero-order valence-electron chi connectivity index (χ0n) is 15.9. The van der Waals surface area contributed by atoms with Crippen LogP contribution in [-0.4, -0.2) is 36.2 Å². The molecule has 1 amide bonds. The number of carbonyl (C=O) groups is 2. The summed E-state index contributed by atoms with van der Waals surface area (Å²) in [6.07, 6.45) is 7.55. The molecule has 0 unspecified atom stereocenters. The topological polar surface area (TPSA) is 55.8 Å². The lowest BCUT2D eigenvalue weighted by Gasteiger charge is -2.50. The van der Waals surface area contributed by atoms with E-state index in [9.17, 15) is 9.59 Å². The van der Waals surface area contributed by atoms with Gasteiger partial charge < -0.3 is 14.4 Å². The monoisotopic (exact) mass is 369 g/mol. The highest BCUT2D eigenvalue weighted by Gasteiger charge is 2.58. The molecule has 5 heteroatoms. The normalized spacial score (nSPS) is 29.7. The van der Waals surface area contributed by atoms with Gasteiger partial charge in [0.1, 0.15) is 0 Å². The molecule has 2 heterocycles. The van der Waals surface area contributed by atoms with Crippen molar-refractivity contribution in [2.24, 2.45) is 5.92 Å². The summed E-state index contributed by atoms with van der Waals surface area (Å²) in [7, 11) is 1.43. The van der Waals surface area contributed by atoms with Gasteiger partial charge in [0, 0.05) is 18.8 Å². The molecule has 2 saturated heterocycles. The summed E-state index contributed by atoms with van der Waals surface area (Å²) in [4.78, 5) is 26.4. The van der Waals surface area contributed by atoms with Crippen LogP contribution in [0.3, 0.4) is 0 Å². The van der Waals surface area contributed by atoms with Gasteiger partial charge in [0.2, 0.25) is 5.91 Å². The minimum atomic E-state index is -0.509. The van der Waals surface area contributed by atoms with Gasteiger partial charge in [0.05, 0.1) is 19.8 Å². The van der Waals surface area contributed by atoms with Crippen molar-refractivity contribution in [3.8, 4) is 0 Å². The van der Waals surface area contributed by atoms with Gasteiger partial charge >= 0.3 is 5.97 Å². The molecular weight excluding hydrogens is 342 g/mol. The Balaban J connectivity index is 1.56. The van der Waals surface area contributed by atoms with Gasteiger partial charge in [0.25, 0.3) is 0 Å². The molecule has 5 nitrogen and oxygen atoms in total. The largest absolute Gasteiger partial charge is 0.469 e. The lowest BCUT2D eigenvalue weighted by molar-refractivity contribution is -0.175. The first-order valence-electron chi connectivity index (χ1n) is 9.92. The molecule has 0 radical (unpaired) electrons. The number of esters is 1. The van der Waals surface area contributed by atoms with Crippen LogP contribution < -0.4 is 0 Å². The average Bonchev–Trinajstić information content (AvgIpc) is 3.09. The molecule has 0 bridgehead atoms. The molecule has 2 fully saturated rings. The first kappa shape index (κ1) is 18.2. The Bertz CT molecular complexity index is 744. The Hall–Kier alpha value is -2.14. The second-order valence-corrected chi connectivity index (χ2v) is 7.68. The standard InChI is InChI=1S/C22H27NO4/c1-26-21(25)11-5-9-16-10-6-14-22-18(16)12-13-20(24)23(22)19(15-27-22)17-7-3-2-4-8-17/h2-4,7-8,10,18-19H,5-6,9,11-15H2,1H3/t18-,19+,22-/m1/s1. The maximum atomic E-state index is 12.9. The van der Waals surface area contributed by atoms with Gasteiger partial charge in [0.15, 0.2) is 5.72 Å². The van der Waals surface area contributed by atoms with E-state index in [1.807, 2.05) is 23.1 Å². The van der Waals surface area contributed by atoms with Crippen molar-refractivity contribution in [3.05, 3.63) is 47.5 Å². The minimum absolute atomic E-state index is 0.00378. The van der Waals surface area contributed by atoms with Crippen molar-refractivity contribution in [3.63, 3.8) is 0 Å². The van der Waals surface area contributed by atoms with Crippen molar-refractivity contribution in [1.29, 1.82) is 0 Å². The summed E-state index contributed by atoms with van der Waals surface area (Å²) in [5, 5.41) is 0. The number of methoxy groups -OCH3 is 1. The molecule has 2 aliphatic heterocycles. The first-order valence-corrected chi connectivity index (χ1v) is 9.92. The van der Waals surface area contributed by atoms with Gasteiger partial charge in [-0.15, -0.1) is 0 Å². The number of rotatable bonds is 5. The SMILES string of the molecule is COC(=O)CCCC1=CCC[C@]23OC[C@@H](c4ccccc4)N2C(=O)CC[C@H]13. The van der Waals surface area contributed by atoms with Gasteiger partial charge in [-0.25, -0.2) is 0 Å². The number of piperidine rings is 1. The van der Waals surface area contributed by atoms with Gasteiger partial charge in [-0.3, -0.25) is 9.59 Å². The second kappa shape index (κ2) is 7.47. The number of ether oxygens (including phenoxy) is 2. The zero-order chi connectivity index (χ0) is 18.9. The van der Waals surface area contributed by atoms with Crippen molar-refractivity contribution in [2.45, 2.75) is 56.7 Å². The van der Waals surface area contributed by atoms with Crippen LogP contribution >= 0.6 is 0 Å². The molecule has 0 saturated carbocycles. The second-order valence-electron chi connectivity index (χ2n) is 7.68.